The molecule has 11 aromatic carbocycles. The summed E-state index contributed by atoms with van der Waals surface area (Å²) in [5.74, 6) is 0. The van der Waals surface area contributed by atoms with Crippen LogP contribution in [0.15, 0.2) is 244 Å². The van der Waals surface area contributed by atoms with Gasteiger partial charge in [0.15, 0.2) is 16.7 Å². The summed E-state index contributed by atoms with van der Waals surface area (Å²) in [6.07, 6.45) is 0. The lowest BCUT2D eigenvalue weighted by Gasteiger charge is -2.31. The molecule has 0 aliphatic heterocycles. The zero-order valence-electron chi connectivity index (χ0n) is 39.0. The van der Waals surface area contributed by atoms with E-state index >= 15 is 0 Å². The van der Waals surface area contributed by atoms with E-state index in [0.717, 1.165) is 111 Å². The Morgan fingerprint density at radius 2 is 0.699 bits per heavy atom. The van der Waals surface area contributed by atoms with Crippen LogP contribution in [0.1, 0.15) is 11.1 Å². The summed E-state index contributed by atoms with van der Waals surface area (Å²) in [5.41, 5.74) is 14.5. The van der Waals surface area contributed by atoms with E-state index in [-0.39, 0.29) is 0 Å². The van der Waals surface area contributed by atoms with Crippen molar-refractivity contribution in [3.05, 3.63) is 242 Å². The topological polar surface area (TPSA) is 93.5 Å². The maximum absolute atomic E-state index is 10.1. The fourth-order valence-corrected chi connectivity index (χ4v) is 10.9. The van der Waals surface area contributed by atoms with Crippen molar-refractivity contribution in [2.24, 2.45) is 0 Å². The molecule has 7 heteroatoms. The standard InChI is InChI=1S/C66H38N4O3/c67-39-41-31-35-45(36-32-41)69(56-28-13-26-53-51-24-11-22-47(62(51)72-64(53)56)43-15-3-1-4-16-43)60-49-19-7-8-20-50(49)61(66-59(60)55-21-9-10-30-58(55)71-66)70(46-37-33-42(40-68)34-38-46)57-29-14-27-54-52-25-12-23-48(63(52)73-65(54)57)44-17-5-2-6-18-44/h1-38H. The van der Waals surface area contributed by atoms with Gasteiger partial charge < -0.3 is 23.1 Å². The molecule has 0 N–H and O–H groups in total. The van der Waals surface area contributed by atoms with Gasteiger partial charge in [0.1, 0.15) is 16.7 Å². The number of nitriles is 2. The Labute approximate surface area is 418 Å². The van der Waals surface area contributed by atoms with Crippen molar-refractivity contribution in [2.45, 2.75) is 0 Å². The maximum atomic E-state index is 10.1. The Kier molecular flexibility index (Phi) is 9.50. The molecule has 3 heterocycles. The van der Waals surface area contributed by atoms with Crippen molar-refractivity contribution in [3.63, 3.8) is 0 Å². The van der Waals surface area contributed by atoms with E-state index in [0.29, 0.717) is 33.5 Å². The van der Waals surface area contributed by atoms with Gasteiger partial charge in [-0.1, -0.05) is 164 Å². The predicted octanol–water partition coefficient (Wildman–Crippen LogP) is 18.6. The van der Waals surface area contributed by atoms with Crippen LogP contribution in [0.5, 0.6) is 0 Å². The molecule has 14 aromatic rings. The van der Waals surface area contributed by atoms with Gasteiger partial charge in [0.2, 0.25) is 0 Å². The second kappa shape index (κ2) is 16.7. The largest absolute Gasteiger partial charge is 0.454 e. The Bertz CT molecular complexity index is 4580. The molecule has 0 radical (unpaired) electrons. The van der Waals surface area contributed by atoms with Crippen LogP contribution in [0.2, 0.25) is 0 Å². The van der Waals surface area contributed by atoms with Crippen molar-refractivity contribution in [2.75, 3.05) is 9.80 Å². The fourth-order valence-electron chi connectivity index (χ4n) is 10.9. The minimum absolute atomic E-state index is 0.543. The third kappa shape index (κ3) is 6.51. The Hall–Kier alpha value is -10.3. The average Bonchev–Trinajstić information content (AvgIpc) is 4.18. The first-order valence-electron chi connectivity index (χ1n) is 24.1. The molecule has 340 valence electrons. The summed E-state index contributed by atoms with van der Waals surface area (Å²) in [5, 5.41) is 27.7. The zero-order chi connectivity index (χ0) is 48.6. The van der Waals surface area contributed by atoms with Crippen LogP contribution in [-0.4, -0.2) is 0 Å². The van der Waals surface area contributed by atoms with Crippen LogP contribution in [-0.2, 0) is 0 Å². The molecule has 3 aromatic heterocycles. The molecule has 0 saturated heterocycles. The Morgan fingerprint density at radius 3 is 1.19 bits per heavy atom. The number of para-hydroxylation sites is 5. The number of furan rings is 3. The Morgan fingerprint density at radius 1 is 0.301 bits per heavy atom. The fraction of sp³-hybridized carbons (Fsp3) is 0. The second-order valence-corrected chi connectivity index (χ2v) is 18.1. The highest BCUT2D eigenvalue weighted by molar-refractivity contribution is 6.29. The summed E-state index contributed by atoms with van der Waals surface area (Å²) >= 11 is 0. The highest BCUT2D eigenvalue weighted by atomic mass is 16.3. The highest BCUT2D eigenvalue weighted by Crippen LogP contribution is 2.56. The van der Waals surface area contributed by atoms with E-state index in [1.807, 2.05) is 103 Å². The summed E-state index contributed by atoms with van der Waals surface area (Å²) in [4.78, 5) is 4.49. The maximum Gasteiger partial charge on any atom is 0.162 e. The van der Waals surface area contributed by atoms with E-state index in [9.17, 15) is 10.5 Å². The van der Waals surface area contributed by atoms with Gasteiger partial charge in [-0.3, -0.25) is 0 Å². The number of hydrogen-bond acceptors (Lipinski definition) is 7. The molecule has 14 rings (SSSR count). The number of rotatable bonds is 8. The van der Waals surface area contributed by atoms with Crippen molar-refractivity contribution < 1.29 is 13.3 Å². The van der Waals surface area contributed by atoms with Crippen LogP contribution in [0.3, 0.4) is 0 Å². The molecular weight excluding hydrogens is 897 g/mol. The molecular formula is C66H38N4O3. The Balaban J connectivity index is 1.11. The first kappa shape index (κ1) is 41.6. The molecule has 0 aliphatic carbocycles. The molecule has 0 atom stereocenters. The van der Waals surface area contributed by atoms with Crippen LogP contribution < -0.4 is 9.80 Å². The minimum atomic E-state index is 0.543. The third-order valence-corrected chi connectivity index (χ3v) is 14.1. The van der Waals surface area contributed by atoms with Crippen molar-refractivity contribution >= 4 is 111 Å². The molecule has 73 heavy (non-hydrogen) atoms. The van der Waals surface area contributed by atoms with Crippen LogP contribution >= 0.6 is 0 Å². The molecule has 7 nitrogen and oxygen atoms in total. The van der Waals surface area contributed by atoms with Crippen molar-refractivity contribution in [1.29, 1.82) is 10.5 Å². The number of anilines is 6. The quantitative estimate of drug-likeness (QED) is 0.140. The average molecular weight is 935 g/mol. The van der Waals surface area contributed by atoms with Gasteiger partial charge in [0.25, 0.3) is 0 Å². The lowest BCUT2D eigenvalue weighted by atomic mass is 9.97. The van der Waals surface area contributed by atoms with Gasteiger partial charge in [-0.25, -0.2) is 0 Å². The van der Waals surface area contributed by atoms with E-state index in [4.69, 9.17) is 13.3 Å². The van der Waals surface area contributed by atoms with Crippen molar-refractivity contribution in [1.82, 2.24) is 0 Å². The molecule has 0 amide bonds. The smallest absolute Gasteiger partial charge is 0.162 e. The van der Waals surface area contributed by atoms with E-state index in [1.165, 1.54) is 0 Å². The molecule has 0 bridgehead atoms. The van der Waals surface area contributed by atoms with E-state index in [2.05, 4.69) is 149 Å². The molecule has 0 unspecified atom stereocenters. The SMILES string of the molecule is N#Cc1ccc(N(c2cccc3c2oc2c(-c4ccccc4)cccc23)c2c3ccccc3c(N(c3ccc(C#N)cc3)c3cccc4c3oc3c(-c5ccccc5)cccc34)c3c2oc2ccccc23)cc1. The molecule has 0 fully saturated rings. The second-order valence-electron chi connectivity index (χ2n) is 18.1. The van der Waals surface area contributed by atoms with E-state index in [1.54, 1.807) is 0 Å². The first-order chi connectivity index (χ1) is 36.1. The van der Waals surface area contributed by atoms with E-state index < -0.39 is 0 Å². The predicted molar refractivity (Wildman–Crippen MR) is 295 cm³/mol. The summed E-state index contributed by atoms with van der Waals surface area (Å²) in [6, 6.07) is 82.6. The normalized spacial score (nSPS) is 11.5. The number of benzene rings is 11. The molecule has 0 saturated carbocycles. The van der Waals surface area contributed by atoms with Crippen molar-refractivity contribution in [3.8, 4) is 34.4 Å². The van der Waals surface area contributed by atoms with Gasteiger partial charge in [-0.05, 0) is 77.9 Å². The lowest BCUT2D eigenvalue weighted by Crippen LogP contribution is -2.14. The summed E-state index contributed by atoms with van der Waals surface area (Å²) in [6.45, 7) is 0. The van der Waals surface area contributed by atoms with Crippen LogP contribution in [0.4, 0.5) is 34.1 Å². The van der Waals surface area contributed by atoms with Crippen LogP contribution in [0, 0.1) is 22.7 Å². The zero-order valence-corrected chi connectivity index (χ0v) is 39.0. The van der Waals surface area contributed by atoms with Gasteiger partial charge in [0.05, 0.1) is 51.4 Å². The minimum Gasteiger partial charge on any atom is -0.454 e. The number of hydrogen-bond donors (Lipinski definition) is 0. The molecule has 0 spiro atoms. The summed E-state index contributed by atoms with van der Waals surface area (Å²) < 4.78 is 21.6. The van der Waals surface area contributed by atoms with Crippen LogP contribution in [0.25, 0.3) is 98.8 Å². The summed E-state index contributed by atoms with van der Waals surface area (Å²) in [7, 11) is 0. The lowest BCUT2D eigenvalue weighted by molar-refractivity contribution is 0.667. The van der Waals surface area contributed by atoms with Gasteiger partial charge in [0, 0.05) is 60.2 Å². The van der Waals surface area contributed by atoms with Gasteiger partial charge in [-0.2, -0.15) is 10.5 Å². The monoisotopic (exact) mass is 934 g/mol. The number of nitrogens with zero attached hydrogens (tertiary/aromatic N) is 4. The number of fused-ring (bicyclic) bond motifs is 10. The van der Waals surface area contributed by atoms with Gasteiger partial charge in [-0.15, -0.1) is 0 Å². The highest BCUT2D eigenvalue weighted by Gasteiger charge is 2.32. The molecule has 0 aliphatic rings. The first-order valence-corrected chi connectivity index (χ1v) is 24.1. The third-order valence-electron chi connectivity index (χ3n) is 14.1. The van der Waals surface area contributed by atoms with Gasteiger partial charge >= 0.3 is 0 Å².